The number of nitrogens with one attached hydrogen (secondary N) is 2. The molecule has 21 nitrogen and oxygen atoms in total. The van der Waals surface area contributed by atoms with Crippen molar-refractivity contribution in [3.05, 3.63) is 133 Å². The fourth-order valence-electron chi connectivity index (χ4n) is 6.03. The van der Waals surface area contributed by atoms with E-state index in [0.717, 1.165) is 23.8 Å². The van der Waals surface area contributed by atoms with E-state index in [4.69, 9.17) is 0 Å². The molecule has 0 fully saturated rings. The minimum absolute atomic E-state index is 0. The number of fused-ring (bicyclic) bond motifs is 2. The van der Waals surface area contributed by atoms with Crippen molar-refractivity contribution in [2.75, 3.05) is 10.6 Å². The quantitative estimate of drug-likeness (QED) is 0.0277. The molecule has 2 amide bonds. The standard InChI is InChI=1S/C40H30N8O13S4.4Na/c1-23-16-31(46-43-27-8-6-26(7-9-27)41-40(49)42-30-4-2-25-18-34(63(51,52)53)22-39(35(25)19-30)65(57,58)59)14-15-37(23)48-45-29-12-10-28(11-13-29)44-47-32-5-3-24-17-33(62-61-60-50)21-38(36(24)20-32)64(54,55)56;;;;/h2-22,50H,1H3,(H2,41,42,49)(H,51,52,53)(H,54,55,56)(H,57,58,59);;;;/q;4*+1/p-4. The Hall–Kier alpha value is -2.91. The Labute approximate surface area is 486 Å². The van der Waals surface area contributed by atoms with Crippen molar-refractivity contribution >= 4 is 115 Å². The number of anilines is 2. The Morgan fingerprint density at radius 1 is 0.507 bits per heavy atom. The summed E-state index contributed by atoms with van der Waals surface area (Å²) in [7, 11) is -15.2. The van der Waals surface area contributed by atoms with E-state index in [0.29, 0.717) is 57.6 Å². The van der Waals surface area contributed by atoms with Crippen molar-refractivity contribution in [3.8, 4) is 0 Å². The first-order valence-electron chi connectivity index (χ1n) is 18.1. The number of aryl methyl sites for hydroxylation is 1. The Morgan fingerprint density at radius 3 is 1.52 bits per heavy atom. The van der Waals surface area contributed by atoms with Crippen molar-refractivity contribution in [2.24, 2.45) is 30.7 Å². The molecule has 0 heterocycles. The van der Waals surface area contributed by atoms with E-state index in [9.17, 15) is 49.0 Å². The zero-order chi connectivity index (χ0) is 46.5. The molecule has 0 bridgehead atoms. The van der Waals surface area contributed by atoms with Crippen LogP contribution in [0.1, 0.15) is 5.56 Å². The molecule has 29 heteroatoms. The number of amides is 2. The first kappa shape index (κ1) is 60.4. The Kier molecular flexibility index (Phi) is 22.9. The van der Waals surface area contributed by atoms with Gasteiger partial charge in [-0.1, -0.05) is 12.1 Å². The van der Waals surface area contributed by atoms with Crippen LogP contribution in [-0.4, -0.2) is 44.9 Å². The first-order chi connectivity index (χ1) is 30.8. The predicted octanol–water partition coefficient (Wildman–Crippen LogP) is -2.85. The molecule has 0 atom stereocenters. The SMILES string of the molecule is Cc1cc(N=Nc2ccc(NC(=O)Nc3ccc4cc(S(=O)(=O)[O-])cc(S(=O)(=O)[O-])c4c3)cc2)ccc1N=Nc1ccc(N=Nc2ccc3cc(SOO[O-])cc(S(=O)(=O)[O-])c3c2)cc1.[Na+].[Na+].[Na+].[Na+]. The molecule has 7 aromatic carbocycles. The summed E-state index contributed by atoms with van der Waals surface area (Å²) < 4.78 is 110. The third-order valence-corrected chi connectivity index (χ3v) is 12.1. The van der Waals surface area contributed by atoms with E-state index in [1.165, 1.54) is 30.3 Å². The second-order valence-electron chi connectivity index (χ2n) is 13.5. The molecule has 0 radical (unpaired) electrons. The minimum Gasteiger partial charge on any atom is -0.744 e. The topological polar surface area (TPSA) is 328 Å². The number of nitrogens with zero attached hydrogens (tertiary/aromatic N) is 6. The summed E-state index contributed by atoms with van der Waals surface area (Å²) in [6, 6.07) is 29.6. The van der Waals surface area contributed by atoms with E-state index in [1.807, 2.05) is 6.92 Å². The van der Waals surface area contributed by atoms with Gasteiger partial charge in [0.1, 0.15) is 30.4 Å². The van der Waals surface area contributed by atoms with E-state index in [-0.39, 0.29) is 151 Å². The summed E-state index contributed by atoms with van der Waals surface area (Å²) in [5, 5.41) is 44.3. The number of benzene rings is 7. The molecule has 0 aliphatic carbocycles. The Balaban J connectivity index is 0.00000315. The van der Waals surface area contributed by atoms with Crippen molar-refractivity contribution in [2.45, 2.75) is 26.5 Å². The summed E-state index contributed by atoms with van der Waals surface area (Å²) in [5.74, 6) is 0. The van der Waals surface area contributed by atoms with E-state index >= 15 is 0 Å². The second kappa shape index (κ2) is 26.2. The molecule has 2 N–H and O–H groups in total. The van der Waals surface area contributed by atoms with Gasteiger partial charge in [0.05, 0.1) is 60.9 Å². The van der Waals surface area contributed by atoms with Crippen LogP contribution >= 0.6 is 12.0 Å². The number of carbonyl (C=O) groups excluding carboxylic acids is 1. The van der Waals surface area contributed by atoms with Crippen LogP contribution in [0.4, 0.5) is 50.3 Å². The summed E-state index contributed by atoms with van der Waals surface area (Å²) in [4.78, 5) is 10.5. The molecule has 0 aliphatic heterocycles. The predicted molar refractivity (Wildman–Crippen MR) is 229 cm³/mol. The molecule has 0 unspecified atom stereocenters. The van der Waals surface area contributed by atoms with Gasteiger partial charge in [0, 0.05) is 27.0 Å². The number of rotatable bonds is 14. The number of hydrogen-bond donors (Lipinski definition) is 2. The minimum atomic E-state index is -5.20. The molecule has 0 saturated heterocycles. The molecule has 69 heavy (non-hydrogen) atoms. The van der Waals surface area contributed by atoms with Gasteiger partial charge in [0.25, 0.3) is 0 Å². The van der Waals surface area contributed by atoms with Crippen LogP contribution in [0.3, 0.4) is 0 Å². The van der Waals surface area contributed by atoms with Gasteiger partial charge in [-0.05, 0) is 139 Å². The molecule has 0 spiro atoms. The fraction of sp³-hybridized carbons (Fsp3) is 0.0250. The third kappa shape index (κ3) is 16.6. The van der Waals surface area contributed by atoms with Gasteiger partial charge in [0.2, 0.25) is 0 Å². The number of azo groups is 3. The van der Waals surface area contributed by atoms with Crippen LogP contribution in [0.15, 0.2) is 178 Å². The molecule has 332 valence electrons. The van der Waals surface area contributed by atoms with Gasteiger partial charge in [0.15, 0.2) is 0 Å². The zero-order valence-electron chi connectivity index (χ0n) is 36.7. The first-order valence-corrected chi connectivity index (χ1v) is 23.1. The van der Waals surface area contributed by atoms with Gasteiger partial charge >= 0.3 is 124 Å². The average Bonchev–Trinajstić information content (AvgIpc) is 3.25. The smallest absolute Gasteiger partial charge is 0.744 e. The summed E-state index contributed by atoms with van der Waals surface area (Å²) in [5.41, 5.74) is 3.95. The van der Waals surface area contributed by atoms with Gasteiger partial charge in [-0.15, -0.1) is 0 Å². The normalized spacial score (nSPS) is 11.8. The van der Waals surface area contributed by atoms with Gasteiger partial charge in [-0.25, -0.2) is 30.0 Å². The molecular formula is C40H26N8Na4O13S4. The molecule has 0 saturated carbocycles. The molecule has 0 aliphatic rings. The van der Waals surface area contributed by atoms with Crippen molar-refractivity contribution in [3.63, 3.8) is 0 Å². The van der Waals surface area contributed by atoms with E-state index in [1.54, 1.807) is 72.8 Å². The number of carbonyl (C=O) groups is 1. The summed E-state index contributed by atoms with van der Waals surface area (Å²) >= 11 is 0.450. The van der Waals surface area contributed by atoms with Crippen LogP contribution in [0.2, 0.25) is 0 Å². The molecule has 7 rings (SSSR count). The number of urea groups is 1. The van der Waals surface area contributed by atoms with Crippen LogP contribution in [0.5, 0.6) is 0 Å². The third-order valence-electron chi connectivity index (χ3n) is 9.00. The molecule has 0 aromatic heterocycles. The van der Waals surface area contributed by atoms with Crippen molar-refractivity contribution < 1.29 is 177 Å². The maximum atomic E-state index is 12.7. The van der Waals surface area contributed by atoms with E-state index < -0.39 is 51.1 Å². The van der Waals surface area contributed by atoms with Crippen molar-refractivity contribution in [1.82, 2.24) is 0 Å². The fourth-order valence-corrected chi connectivity index (χ4v) is 8.59. The van der Waals surface area contributed by atoms with Gasteiger partial charge in [-0.2, -0.15) is 35.0 Å². The average molecular weight is 1050 g/mol. The maximum Gasteiger partial charge on any atom is 1.00 e. The molecule has 7 aromatic rings. The monoisotopic (exact) mass is 1050 g/mol. The largest absolute Gasteiger partial charge is 1.00 e. The number of hydrogen-bond acceptors (Lipinski definition) is 20. The maximum absolute atomic E-state index is 12.7. The van der Waals surface area contributed by atoms with E-state index in [2.05, 4.69) is 50.7 Å². The van der Waals surface area contributed by atoms with Gasteiger partial charge < -0.3 is 29.5 Å². The van der Waals surface area contributed by atoms with Crippen LogP contribution in [0.25, 0.3) is 21.5 Å². The molecular weight excluding hydrogens is 1020 g/mol. The van der Waals surface area contributed by atoms with Gasteiger partial charge in [-0.3, -0.25) is 5.04 Å². The van der Waals surface area contributed by atoms with Crippen molar-refractivity contribution in [1.29, 1.82) is 0 Å². The Morgan fingerprint density at radius 2 is 0.957 bits per heavy atom. The summed E-state index contributed by atoms with van der Waals surface area (Å²) in [6.07, 6.45) is 0. The van der Waals surface area contributed by atoms with Crippen LogP contribution in [0, 0.1) is 6.92 Å². The second-order valence-corrected chi connectivity index (χ2v) is 18.3. The zero-order valence-corrected chi connectivity index (χ0v) is 48.0. The van der Waals surface area contributed by atoms with Crippen LogP contribution in [-0.2, 0) is 39.7 Å². The van der Waals surface area contributed by atoms with Crippen LogP contribution < -0.4 is 134 Å². The summed E-state index contributed by atoms with van der Waals surface area (Å²) in [6.45, 7) is 1.82. The Bertz CT molecular complexity index is 3450.